The van der Waals surface area contributed by atoms with Crippen LogP contribution in [0, 0.1) is 6.92 Å². The summed E-state index contributed by atoms with van der Waals surface area (Å²) in [7, 11) is -1.76. The second-order valence-corrected chi connectivity index (χ2v) is 10.2. The van der Waals surface area contributed by atoms with Crippen LogP contribution >= 0.6 is 0 Å². The smallest absolute Gasteiger partial charge is 0.223 e. The number of nitrogens with zero attached hydrogens (tertiary/aromatic N) is 3. The van der Waals surface area contributed by atoms with Gasteiger partial charge in [-0.2, -0.15) is 0 Å². The number of amides is 1. The molecule has 8 heteroatoms. The van der Waals surface area contributed by atoms with Gasteiger partial charge in [-0.1, -0.05) is 0 Å². The Morgan fingerprint density at radius 2 is 1.97 bits per heavy atom. The van der Waals surface area contributed by atoms with Gasteiger partial charge < -0.3 is 14.2 Å². The molecule has 7 nitrogen and oxygen atoms in total. The van der Waals surface area contributed by atoms with Gasteiger partial charge in [0, 0.05) is 55.6 Å². The van der Waals surface area contributed by atoms with Crippen molar-refractivity contribution in [2.45, 2.75) is 37.1 Å². The standard InChI is InChI=1S/C23H27N3O4S/c1-17-15-20(5-10-24-17)26-11-6-19(7-12-26)25(2)23(27)9-14-31(28,29)21-3-4-22-18(16-21)8-13-30-22/h3-5,8,10,13,15-16,19H,6-7,9,11-12,14H2,1-2H3. The maximum atomic E-state index is 12.7. The third kappa shape index (κ3) is 4.74. The van der Waals surface area contributed by atoms with Gasteiger partial charge in [-0.25, -0.2) is 8.42 Å². The quantitative estimate of drug-likeness (QED) is 0.583. The molecule has 0 aliphatic carbocycles. The number of fused-ring (bicyclic) bond motifs is 1. The van der Waals surface area contributed by atoms with Crippen molar-refractivity contribution in [3.63, 3.8) is 0 Å². The van der Waals surface area contributed by atoms with Gasteiger partial charge >= 0.3 is 0 Å². The highest BCUT2D eigenvalue weighted by Crippen LogP contribution is 2.24. The maximum absolute atomic E-state index is 12.7. The van der Waals surface area contributed by atoms with Crippen molar-refractivity contribution in [2.75, 3.05) is 30.8 Å². The monoisotopic (exact) mass is 441 g/mol. The number of benzene rings is 1. The van der Waals surface area contributed by atoms with Gasteiger partial charge in [-0.15, -0.1) is 0 Å². The number of hydrogen-bond donors (Lipinski definition) is 0. The molecule has 0 unspecified atom stereocenters. The lowest BCUT2D eigenvalue weighted by molar-refractivity contribution is -0.131. The minimum absolute atomic E-state index is 0.0218. The summed E-state index contributed by atoms with van der Waals surface area (Å²) in [5, 5.41) is 0.737. The molecule has 3 heterocycles. The number of anilines is 1. The Morgan fingerprint density at radius 1 is 1.19 bits per heavy atom. The van der Waals surface area contributed by atoms with E-state index >= 15 is 0 Å². The van der Waals surface area contributed by atoms with Crippen LogP contribution in [0.15, 0.2) is 58.2 Å². The van der Waals surface area contributed by atoms with Crippen LogP contribution in [0.25, 0.3) is 11.0 Å². The average Bonchev–Trinajstić information content (AvgIpc) is 3.25. The summed E-state index contributed by atoms with van der Waals surface area (Å²) in [5.41, 5.74) is 2.78. The van der Waals surface area contributed by atoms with E-state index in [0.29, 0.717) is 5.58 Å². The number of carbonyl (C=O) groups excluding carboxylic acids is 1. The van der Waals surface area contributed by atoms with E-state index in [0.717, 1.165) is 42.7 Å². The first kappa shape index (κ1) is 21.4. The van der Waals surface area contributed by atoms with Crippen LogP contribution in [-0.4, -0.2) is 56.1 Å². The lowest BCUT2D eigenvalue weighted by Crippen LogP contribution is -2.46. The van der Waals surface area contributed by atoms with E-state index < -0.39 is 9.84 Å². The maximum Gasteiger partial charge on any atom is 0.223 e. The minimum Gasteiger partial charge on any atom is -0.464 e. The van der Waals surface area contributed by atoms with Crippen LogP contribution in [0.5, 0.6) is 0 Å². The first-order valence-corrected chi connectivity index (χ1v) is 12.1. The van der Waals surface area contributed by atoms with E-state index in [-0.39, 0.29) is 29.0 Å². The number of sulfone groups is 1. The van der Waals surface area contributed by atoms with Gasteiger partial charge in [0.15, 0.2) is 9.84 Å². The van der Waals surface area contributed by atoms with Crippen molar-refractivity contribution in [3.8, 4) is 0 Å². The molecule has 0 atom stereocenters. The highest BCUT2D eigenvalue weighted by atomic mass is 32.2. The summed E-state index contributed by atoms with van der Waals surface area (Å²) in [5.74, 6) is -0.333. The first-order chi connectivity index (χ1) is 14.8. The van der Waals surface area contributed by atoms with E-state index in [1.165, 1.54) is 12.3 Å². The van der Waals surface area contributed by atoms with Crippen LogP contribution in [0.2, 0.25) is 0 Å². The van der Waals surface area contributed by atoms with Gasteiger partial charge in [0.05, 0.1) is 16.9 Å². The molecule has 0 saturated carbocycles. The zero-order chi connectivity index (χ0) is 22.0. The van der Waals surface area contributed by atoms with Gasteiger partial charge in [0.2, 0.25) is 5.91 Å². The molecule has 1 saturated heterocycles. The fourth-order valence-electron chi connectivity index (χ4n) is 4.10. The Balaban J connectivity index is 1.32. The molecule has 31 heavy (non-hydrogen) atoms. The molecule has 4 rings (SSSR count). The number of furan rings is 1. The minimum atomic E-state index is -3.54. The largest absolute Gasteiger partial charge is 0.464 e. The fourth-order valence-corrected chi connectivity index (χ4v) is 5.36. The molecule has 164 valence electrons. The molecule has 0 radical (unpaired) electrons. The van der Waals surface area contributed by atoms with E-state index in [9.17, 15) is 13.2 Å². The van der Waals surface area contributed by atoms with Crippen molar-refractivity contribution in [2.24, 2.45) is 0 Å². The molecule has 1 fully saturated rings. The normalized spacial score (nSPS) is 15.4. The molecule has 0 N–H and O–H groups in total. The lowest BCUT2D eigenvalue weighted by atomic mass is 10.0. The highest BCUT2D eigenvalue weighted by Gasteiger charge is 2.27. The van der Waals surface area contributed by atoms with Crippen LogP contribution < -0.4 is 4.90 Å². The van der Waals surface area contributed by atoms with Crippen LogP contribution in [0.4, 0.5) is 5.69 Å². The summed E-state index contributed by atoms with van der Waals surface area (Å²) in [6, 6.07) is 10.7. The third-order valence-corrected chi connectivity index (χ3v) is 7.73. The van der Waals surface area contributed by atoms with Crippen molar-refractivity contribution < 1.29 is 17.6 Å². The fraction of sp³-hybridized carbons (Fsp3) is 0.391. The second kappa shape index (κ2) is 8.70. The molecule has 1 aromatic carbocycles. The summed E-state index contributed by atoms with van der Waals surface area (Å²) in [6.07, 6.45) is 5.03. The lowest BCUT2D eigenvalue weighted by Gasteiger charge is -2.38. The molecule has 1 aliphatic rings. The third-order valence-electron chi connectivity index (χ3n) is 6.02. The van der Waals surface area contributed by atoms with Crippen molar-refractivity contribution >= 4 is 32.4 Å². The van der Waals surface area contributed by atoms with Gasteiger partial charge in [0.1, 0.15) is 5.58 Å². The molecular weight excluding hydrogens is 414 g/mol. The number of rotatable bonds is 6. The molecule has 0 spiro atoms. The summed E-state index contributed by atoms with van der Waals surface area (Å²) in [6.45, 7) is 3.69. The Labute approximate surface area is 182 Å². The van der Waals surface area contributed by atoms with E-state index in [2.05, 4.69) is 16.0 Å². The van der Waals surface area contributed by atoms with Crippen LogP contribution in [0.1, 0.15) is 25.0 Å². The summed E-state index contributed by atoms with van der Waals surface area (Å²) >= 11 is 0. The predicted octanol–water partition coefficient (Wildman–Crippen LogP) is 3.43. The van der Waals surface area contributed by atoms with Crippen LogP contribution in [0.3, 0.4) is 0 Å². The van der Waals surface area contributed by atoms with E-state index in [4.69, 9.17) is 4.42 Å². The number of carbonyl (C=O) groups is 1. The first-order valence-electron chi connectivity index (χ1n) is 10.5. The Morgan fingerprint density at radius 3 is 2.71 bits per heavy atom. The SMILES string of the molecule is Cc1cc(N2CCC(N(C)C(=O)CCS(=O)(=O)c3ccc4occc4c3)CC2)ccn1. The summed E-state index contributed by atoms with van der Waals surface area (Å²) < 4.78 is 30.7. The zero-order valence-electron chi connectivity index (χ0n) is 17.8. The van der Waals surface area contributed by atoms with Crippen molar-refractivity contribution in [1.29, 1.82) is 0 Å². The van der Waals surface area contributed by atoms with Gasteiger partial charge in [-0.3, -0.25) is 9.78 Å². The molecule has 2 aromatic heterocycles. The molecule has 3 aromatic rings. The Kier molecular flexibility index (Phi) is 6.00. The highest BCUT2D eigenvalue weighted by molar-refractivity contribution is 7.91. The number of piperidine rings is 1. The van der Waals surface area contributed by atoms with E-state index in [1.807, 2.05) is 19.2 Å². The topological polar surface area (TPSA) is 83.7 Å². The van der Waals surface area contributed by atoms with Crippen molar-refractivity contribution in [1.82, 2.24) is 9.88 Å². The van der Waals surface area contributed by atoms with Gasteiger partial charge in [-0.05, 0) is 56.2 Å². The number of pyridine rings is 1. The van der Waals surface area contributed by atoms with Crippen LogP contribution in [-0.2, 0) is 14.6 Å². The Bertz CT molecular complexity index is 1180. The predicted molar refractivity (Wildman–Crippen MR) is 120 cm³/mol. The average molecular weight is 442 g/mol. The molecule has 1 amide bonds. The number of aromatic nitrogens is 1. The summed E-state index contributed by atoms with van der Waals surface area (Å²) in [4.78, 5) is 21.2. The zero-order valence-corrected chi connectivity index (χ0v) is 18.6. The number of aryl methyl sites for hydroxylation is 1. The van der Waals surface area contributed by atoms with Crippen molar-refractivity contribution in [3.05, 3.63) is 54.6 Å². The number of hydrogen-bond acceptors (Lipinski definition) is 6. The Hall–Kier alpha value is -2.87. The molecule has 1 aliphatic heterocycles. The molecule has 0 bridgehead atoms. The second-order valence-electron chi connectivity index (χ2n) is 8.07. The van der Waals surface area contributed by atoms with E-state index in [1.54, 1.807) is 30.1 Å². The van der Waals surface area contributed by atoms with Gasteiger partial charge in [0.25, 0.3) is 0 Å². The molecular formula is C23H27N3O4S.